The maximum Gasteiger partial charge on any atom is 0.472 e. The molecule has 3 N–H and O–H groups in total. The van der Waals surface area contributed by atoms with Gasteiger partial charge < -0.3 is 19.8 Å². The molecule has 432 valence electrons. The molecule has 0 aliphatic heterocycles. The molecule has 0 aromatic carbocycles. The van der Waals surface area contributed by atoms with Crippen LogP contribution in [0.3, 0.4) is 0 Å². The lowest BCUT2D eigenvalue weighted by atomic mass is 10.0. The summed E-state index contributed by atoms with van der Waals surface area (Å²) in [6.45, 7) is 4.80. The second-order valence-corrected chi connectivity index (χ2v) is 23.9. The van der Waals surface area contributed by atoms with Gasteiger partial charge in [-0.3, -0.25) is 13.8 Å². The first kappa shape index (κ1) is 71.9. The van der Waals surface area contributed by atoms with Gasteiger partial charge >= 0.3 is 7.82 Å². The highest BCUT2D eigenvalue weighted by Crippen LogP contribution is 2.43. The number of hydrogen-bond donors (Lipinski definition) is 3. The Balaban J connectivity index is 4.24. The molecule has 74 heavy (non-hydrogen) atoms. The molecule has 3 atom stereocenters. The van der Waals surface area contributed by atoms with E-state index >= 15 is 0 Å². The van der Waals surface area contributed by atoms with Crippen LogP contribution in [0, 0.1) is 0 Å². The van der Waals surface area contributed by atoms with Crippen molar-refractivity contribution >= 4 is 13.7 Å². The molecule has 0 fully saturated rings. The fraction of sp³-hybridized carbons (Fsp3) is 0.800. The minimum Gasteiger partial charge on any atom is -0.387 e. The fourth-order valence-corrected chi connectivity index (χ4v) is 9.70. The van der Waals surface area contributed by atoms with Gasteiger partial charge in [0.05, 0.1) is 39.9 Å². The van der Waals surface area contributed by atoms with Crippen LogP contribution in [0.4, 0.5) is 0 Å². The van der Waals surface area contributed by atoms with E-state index in [4.69, 9.17) is 9.05 Å². The number of rotatable bonds is 57. The number of aliphatic hydroxyl groups excluding tert-OH is 1. The molecule has 0 saturated heterocycles. The van der Waals surface area contributed by atoms with Crippen LogP contribution in [-0.4, -0.2) is 73.4 Å². The smallest absolute Gasteiger partial charge is 0.387 e. The van der Waals surface area contributed by atoms with Gasteiger partial charge in [0.25, 0.3) is 0 Å². The first-order chi connectivity index (χ1) is 36.0. The summed E-state index contributed by atoms with van der Waals surface area (Å²) in [5.41, 5.74) is 0. The maximum absolute atomic E-state index is 13.0. The number of nitrogens with zero attached hydrogens (tertiary/aromatic N) is 1. The van der Waals surface area contributed by atoms with Crippen molar-refractivity contribution in [3.8, 4) is 0 Å². The van der Waals surface area contributed by atoms with Crippen molar-refractivity contribution in [2.45, 2.75) is 296 Å². The number of phosphoric acid groups is 1. The minimum atomic E-state index is -4.37. The minimum absolute atomic E-state index is 0.0509. The summed E-state index contributed by atoms with van der Waals surface area (Å²) in [7, 11) is 1.54. The number of quaternary nitrogens is 1. The van der Waals surface area contributed by atoms with E-state index in [1.807, 2.05) is 27.2 Å². The Bertz CT molecular complexity index is 1430. The Morgan fingerprint density at radius 2 is 0.784 bits per heavy atom. The second kappa shape index (κ2) is 55.7. The van der Waals surface area contributed by atoms with Crippen LogP contribution >= 0.6 is 7.82 Å². The third kappa shape index (κ3) is 57.6. The molecule has 0 heterocycles. The molecule has 8 nitrogen and oxygen atoms in total. The number of phosphoric ester groups is 1. The van der Waals surface area contributed by atoms with Crippen LogP contribution in [0.15, 0.2) is 72.9 Å². The Hall–Kier alpha value is -2.06. The normalized spacial score (nSPS) is 14.3. The van der Waals surface area contributed by atoms with Gasteiger partial charge in [0, 0.05) is 6.42 Å². The number of aliphatic hydroxyl groups is 1. The molecule has 0 aromatic rings. The van der Waals surface area contributed by atoms with Crippen molar-refractivity contribution in [2.24, 2.45) is 0 Å². The van der Waals surface area contributed by atoms with Crippen molar-refractivity contribution in [2.75, 3.05) is 40.9 Å². The summed E-state index contributed by atoms with van der Waals surface area (Å²) in [6.07, 6.45) is 77.3. The van der Waals surface area contributed by atoms with E-state index in [0.717, 1.165) is 57.8 Å². The Morgan fingerprint density at radius 1 is 0.459 bits per heavy atom. The zero-order valence-electron chi connectivity index (χ0n) is 49.3. The highest BCUT2D eigenvalue weighted by molar-refractivity contribution is 7.47. The third-order valence-electron chi connectivity index (χ3n) is 13.9. The summed E-state index contributed by atoms with van der Waals surface area (Å²) in [6, 6.07) is -0.875. The third-order valence-corrected chi connectivity index (χ3v) is 14.9. The molecule has 0 aliphatic carbocycles. The van der Waals surface area contributed by atoms with E-state index < -0.39 is 20.0 Å². The summed E-state index contributed by atoms with van der Waals surface area (Å²) < 4.78 is 23.7. The first-order valence-corrected chi connectivity index (χ1v) is 32.8. The summed E-state index contributed by atoms with van der Waals surface area (Å²) in [5.74, 6) is -0.192. The fourth-order valence-electron chi connectivity index (χ4n) is 8.96. The second-order valence-electron chi connectivity index (χ2n) is 22.4. The molecule has 1 amide bonds. The van der Waals surface area contributed by atoms with E-state index in [1.54, 1.807) is 6.08 Å². The largest absolute Gasteiger partial charge is 0.472 e. The van der Waals surface area contributed by atoms with E-state index in [-0.39, 0.29) is 19.1 Å². The van der Waals surface area contributed by atoms with Gasteiger partial charge in [-0.2, -0.15) is 0 Å². The lowest BCUT2D eigenvalue weighted by Gasteiger charge is -2.25. The van der Waals surface area contributed by atoms with Crippen LogP contribution in [-0.2, 0) is 18.4 Å². The predicted octanol–water partition coefficient (Wildman–Crippen LogP) is 19.4. The molecule has 0 saturated carbocycles. The number of unbranched alkanes of at least 4 members (excludes halogenated alkanes) is 34. The van der Waals surface area contributed by atoms with E-state index in [9.17, 15) is 19.4 Å². The van der Waals surface area contributed by atoms with Crippen LogP contribution < -0.4 is 5.32 Å². The number of hydrogen-bond acceptors (Lipinski definition) is 5. The molecule has 9 heteroatoms. The van der Waals surface area contributed by atoms with E-state index in [0.29, 0.717) is 17.4 Å². The van der Waals surface area contributed by atoms with Crippen LogP contribution in [0.2, 0.25) is 0 Å². The van der Waals surface area contributed by atoms with Gasteiger partial charge in [-0.05, 0) is 83.5 Å². The van der Waals surface area contributed by atoms with E-state index in [1.165, 1.54) is 205 Å². The van der Waals surface area contributed by atoms with Gasteiger partial charge in [-0.1, -0.05) is 267 Å². The van der Waals surface area contributed by atoms with Crippen molar-refractivity contribution in [3.05, 3.63) is 72.9 Å². The van der Waals surface area contributed by atoms with Crippen LogP contribution in [0.5, 0.6) is 0 Å². The standard InChI is InChI=1S/C65H121N2O6P/c1-6-8-10-12-14-16-18-20-22-24-26-28-30-32-33-35-37-39-41-43-45-47-49-51-53-55-57-59-65(69)66-63(62-73-74(70,71)72-61-60-67(3,4)5)64(68)58-56-54-52-50-48-46-44-42-40-38-36-34-31-29-27-25-23-21-19-17-15-13-11-9-7-2/h18,20,24,26,30,32,40,42,48,50,56,58,63-64,68H,6-17,19,21-23,25,27-29,31,33-39,41,43-47,49,51-55,57,59-62H2,1-5H3,(H-,66,69,70,71)/p+1/b20-18-,26-24-,32-30-,42-40+,50-48+,58-56+. The van der Waals surface area contributed by atoms with Crippen LogP contribution in [0.1, 0.15) is 284 Å². The molecule has 0 aliphatic rings. The molecule has 0 radical (unpaired) electrons. The number of carbonyl (C=O) groups excluding carboxylic acids is 1. The lowest BCUT2D eigenvalue weighted by molar-refractivity contribution is -0.870. The monoisotopic (exact) mass is 1060 g/mol. The van der Waals surface area contributed by atoms with Crippen molar-refractivity contribution in [3.63, 3.8) is 0 Å². The number of amides is 1. The van der Waals surface area contributed by atoms with Gasteiger partial charge in [0.1, 0.15) is 13.2 Å². The number of allylic oxidation sites excluding steroid dienone is 11. The summed E-state index contributed by atoms with van der Waals surface area (Å²) in [5, 5.41) is 13.9. The molecular formula is C65H122N2O6P+. The van der Waals surface area contributed by atoms with Gasteiger partial charge in [0.2, 0.25) is 5.91 Å². The number of likely N-dealkylation sites (N-methyl/N-ethyl adjacent to an activating group) is 1. The van der Waals surface area contributed by atoms with Gasteiger partial charge in [-0.15, -0.1) is 0 Å². The average molecular weight is 1060 g/mol. The van der Waals surface area contributed by atoms with Gasteiger partial charge in [0.15, 0.2) is 0 Å². The quantitative estimate of drug-likeness (QED) is 0.0243. The highest BCUT2D eigenvalue weighted by atomic mass is 31.2. The predicted molar refractivity (Wildman–Crippen MR) is 323 cm³/mol. The Labute approximate surface area is 459 Å². The molecule has 0 spiro atoms. The first-order valence-electron chi connectivity index (χ1n) is 31.3. The molecule has 0 aromatic heterocycles. The summed E-state index contributed by atoms with van der Waals surface area (Å²) in [4.78, 5) is 23.3. The molecular weight excluding hydrogens is 936 g/mol. The SMILES string of the molecule is CCCCCCC/C=C\C/C=C\C/C=C\CCCCCCCCCCCCCCC(=O)NC(COP(=O)(O)OCC[N+](C)(C)C)C(O)/C=C/CC/C=C/CC/C=C/CCCCCCCCCCCCCCCCC. The van der Waals surface area contributed by atoms with Gasteiger partial charge in [-0.25, -0.2) is 4.57 Å². The van der Waals surface area contributed by atoms with Crippen molar-refractivity contribution in [1.82, 2.24) is 5.32 Å². The molecule has 0 rings (SSSR count). The molecule has 3 unspecified atom stereocenters. The summed E-state index contributed by atoms with van der Waals surface area (Å²) >= 11 is 0. The Kier molecular flexibility index (Phi) is 54.1. The van der Waals surface area contributed by atoms with Crippen molar-refractivity contribution in [1.29, 1.82) is 0 Å². The topological polar surface area (TPSA) is 105 Å². The maximum atomic E-state index is 13.0. The zero-order chi connectivity index (χ0) is 54.2. The molecule has 0 bridgehead atoms. The zero-order valence-corrected chi connectivity index (χ0v) is 50.2. The van der Waals surface area contributed by atoms with E-state index in [2.05, 4.69) is 79.9 Å². The average Bonchev–Trinajstić information content (AvgIpc) is 3.36. The van der Waals surface area contributed by atoms with Crippen LogP contribution in [0.25, 0.3) is 0 Å². The Morgan fingerprint density at radius 3 is 1.18 bits per heavy atom. The highest BCUT2D eigenvalue weighted by Gasteiger charge is 2.27. The number of nitrogens with one attached hydrogen (secondary N) is 1. The number of carbonyl (C=O) groups is 1. The van der Waals surface area contributed by atoms with Crippen molar-refractivity contribution < 1.29 is 32.9 Å². The lowest BCUT2D eigenvalue weighted by Crippen LogP contribution is -2.45.